The molecule has 0 radical (unpaired) electrons. The van der Waals surface area contributed by atoms with E-state index in [2.05, 4.69) is 5.32 Å². The monoisotopic (exact) mass is 337 g/mol. The first-order valence-electron chi connectivity index (χ1n) is 7.54. The average Bonchev–Trinajstić information content (AvgIpc) is 2.59. The normalized spacial score (nSPS) is 12.5. The maximum atomic E-state index is 12.8. The molecule has 1 heterocycles. The lowest BCUT2D eigenvalue weighted by molar-refractivity contribution is 0.479. The Balaban J connectivity index is 1.75. The summed E-state index contributed by atoms with van der Waals surface area (Å²) in [5.74, 6) is 1.18. The van der Waals surface area contributed by atoms with Crippen molar-refractivity contribution in [3.63, 3.8) is 0 Å². The molecule has 0 bridgehead atoms. The third kappa shape index (κ3) is 2.43. The van der Waals surface area contributed by atoms with Crippen molar-refractivity contribution in [2.24, 2.45) is 0 Å². The van der Waals surface area contributed by atoms with Crippen LogP contribution in [-0.2, 0) is 9.84 Å². The highest BCUT2D eigenvalue weighted by Gasteiger charge is 2.22. The van der Waals surface area contributed by atoms with Gasteiger partial charge in [0.15, 0.2) is 11.5 Å². The van der Waals surface area contributed by atoms with Gasteiger partial charge in [-0.2, -0.15) is 0 Å². The molecule has 3 aromatic carbocycles. The largest absolute Gasteiger partial charge is 0.453 e. The zero-order valence-electron chi connectivity index (χ0n) is 13.0. The molecule has 5 heteroatoms. The molecule has 0 saturated heterocycles. The summed E-state index contributed by atoms with van der Waals surface area (Å²) >= 11 is 0. The predicted octanol–water partition coefficient (Wildman–Crippen LogP) is 4.68. The third-order valence-corrected chi connectivity index (χ3v) is 5.74. The Hall–Kier alpha value is -2.79. The van der Waals surface area contributed by atoms with Crippen LogP contribution < -0.4 is 10.1 Å². The second-order valence-corrected chi connectivity index (χ2v) is 7.65. The first-order valence-corrected chi connectivity index (χ1v) is 9.02. The van der Waals surface area contributed by atoms with Crippen LogP contribution in [0, 0.1) is 6.92 Å². The van der Waals surface area contributed by atoms with Crippen molar-refractivity contribution < 1.29 is 13.2 Å². The highest BCUT2D eigenvalue weighted by Crippen LogP contribution is 2.42. The first-order chi connectivity index (χ1) is 11.5. The van der Waals surface area contributed by atoms with Crippen LogP contribution in [0.25, 0.3) is 0 Å². The van der Waals surface area contributed by atoms with Gasteiger partial charge in [-0.1, -0.05) is 29.8 Å². The van der Waals surface area contributed by atoms with Gasteiger partial charge < -0.3 is 10.1 Å². The van der Waals surface area contributed by atoms with Gasteiger partial charge in [0, 0.05) is 6.07 Å². The molecular weight excluding hydrogens is 322 g/mol. The topological polar surface area (TPSA) is 55.4 Å². The molecule has 0 aliphatic carbocycles. The lowest BCUT2D eigenvalue weighted by Crippen LogP contribution is -2.06. The van der Waals surface area contributed by atoms with Gasteiger partial charge in [0.1, 0.15) is 0 Å². The minimum atomic E-state index is -3.57. The van der Waals surface area contributed by atoms with Crippen LogP contribution in [-0.4, -0.2) is 8.42 Å². The van der Waals surface area contributed by atoms with Crippen molar-refractivity contribution in [3.8, 4) is 11.5 Å². The SMILES string of the molecule is Cc1ccc(S(=O)(=O)c2ccc3c(c2)Oc2ccccc2N3)cc1. The number of sulfone groups is 1. The molecule has 120 valence electrons. The summed E-state index contributed by atoms with van der Waals surface area (Å²) in [6.45, 7) is 1.92. The maximum absolute atomic E-state index is 12.8. The molecule has 0 saturated carbocycles. The summed E-state index contributed by atoms with van der Waals surface area (Å²) in [5.41, 5.74) is 2.62. The number of fused-ring (bicyclic) bond motifs is 2. The van der Waals surface area contributed by atoms with Crippen molar-refractivity contribution in [2.45, 2.75) is 16.7 Å². The van der Waals surface area contributed by atoms with E-state index in [4.69, 9.17) is 4.74 Å². The van der Waals surface area contributed by atoms with Crippen LogP contribution in [0.1, 0.15) is 5.56 Å². The molecule has 0 aromatic heterocycles. The number of hydrogen-bond acceptors (Lipinski definition) is 4. The molecule has 0 spiro atoms. The molecule has 1 aliphatic rings. The number of ether oxygens (including phenoxy) is 1. The molecule has 24 heavy (non-hydrogen) atoms. The van der Waals surface area contributed by atoms with Gasteiger partial charge in [0.25, 0.3) is 0 Å². The van der Waals surface area contributed by atoms with Crippen LogP contribution in [0.4, 0.5) is 11.4 Å². The number of anilines is 2. The summed E-state index contributed by atoms with van der Waals surface area (Å²) < 4.78 is 31.4. The van der Waals surface area contributed by atoms with E-state index in [9.17, 15) is 8.42 Å². The smallest absolute Gasteiger partial charge is 0.206 e. The van der Waals surface area contributed by atoms with Crippen LogP contribution >= 0.6 is 0 Å². The molecule has 1 aliphatic heterocycles. The molecule has 3 aromatic rings. The number of aryl methyl sites for hydroxylation is 1. The molecule has 1 N–H and O–H groups in total. The van der Waals surface area contributed by atoms with Crippen LogP contribution in [0.2, 0.25) is 0 Å². The standard InChI is InChI=1S/C19H15NO3S/c1-13-6-8-14(9-7-13)24(21,22)15-10-11-17-19(12-15)23-18-5-3-2-4-16(18)20-17/h2-12,20H,1H3. The van der Waals surface area contributed by atoms with E-state index in [0.29, 0.717) is 11.5 Å². The Morgan fingerprint density at radius 2 is 1.46 bits per heavy atom. The summed E-state index contributed by atoms with van der Waals surface area (Å²) in [5, 5.41) is 3.25. The summed E-state index contributed by atoms with van der Waals surface area (Å²) in [6, 6.07) is 19.3. The van der Waals surface area contributed by atoms with Crippen molar-refractivity contribution in [2.75, 3.05) is 5.32 Å². The van der Waals surface area contributed by atoms with Gasteiger partial charge in [-0.05, 0) is 43.3 Å². The third-order valence-electron chi connectivity index (χ3n) is 3.97. The Bertz CT molecular complexity index is 1020. The number of benzene rings is 3. The van der Waals surface area contributed by atoms with Crippen molar-refractivity contribution >= 4 is 21.2 Å². The van der Waals surface area contributed by atoms with Crippen molar-refractivity contribution in [1.29, 1.82) is 0 Å². The van der Waals surface area contributed by atoms with Gasteiger partial charge in [-0.3, -0.25) is 0 Å². The van der Waals surface area contributed by atoms with E-state index in [-0.39, 0.29) is 9.79 Å². The Morgan fingerprint density at radius 1 is 0.792 bits per heavy atom. The second-order valence-electron chi connectivity index (χ2n) is 5.70. The highest BCUT2D eigenvalue weighted by atomic mass is 32.2. The number of hydrogen-bond donors (Lipinski definition) is 1. The Morgan fingerprint density at radius 3 is 2.25 bits per heavy atom. The fourth-order valence-electron chi connectivity index (χ4n) is 2.63. The van der Waals surface area contributed by atoms with Crippen LogP contribution in [0.5, 0.6) is 11.5 Å². The first kappa shape index (κ1) is 14.8. The molecule has 0 amide bonds. The molecule has 0 unspecified atom stereocenters. The lowest BCUT2D eigenvalue weighted by atomic mass is 10.2. The van der Waals surface area contributed by atoms with Crippen molar-refractivity contribution in [3.05, 3.63) is 72.3 Å². The van der Waals surface area contributed by atoms with E-state index in [0.717, 1.165) is 16.9 Å². The van der Waals surface area contributed by atoms with Crippen LogP contribution in [0.15, 0.2) is 76.5 Å². The predicted molar refractivity (Wildman–Crippen MR) is 92.9 cm³/mol. The van der Waals surface area contributed by atoms with Gasteiger partial charge >= 0.3 is 0 Å². The number of nitrogens with one attached hydrogen (secondary N) is 1. The van der Waals surface area contributed by atoms with E-state index in [1.807, 2.05) is 31.2 Å². The van der Waals surface area contributed by atoms with Gasteiger partial charge in [-0.25, -0.2) is 8.42 Å². The molecule has 4 rings (SSSR count). The number of para-hydroxylation sites is 2. The molecular formula is C19H15NO3S. The van der Waals surface area contributed by atoms with Gasteiger partial charge in [0.2, 0.25) is 9.84 Å². The van der Waals surface area contributed by atoms with Gasteiger partial charge in [-0.15, -0.1) is 0 Å². The summed E-state index contributed by atoms with van der Waals surface area (Å²) in [7, 11) is -3.57. The van der Waals surface area contributed by atoms with E-state index >= 15 is 0 Å². The quantitative estimate of drug-likeness (QED) is 0.577. The fraction of sp³-hybridized carbons (Fsp3) is 0.0526. The lowest BCUT2D eigenvalue weighted by Gasteiger charge is -2.22. The maximum Gasteiger partial charge on any atom is 0.206 e. The number of rotatable bonds is 2. The van der Waals surface area contributed by atoms with Gasteiger partial charge in [0.05, 0.1) is 21.2 Å². The van der Waals surface area contributed by atoms with Crippen LogP contribution in [0.3, 0.4) is 0 Å². The Labute approximate surface area is 140 Å². The minimum absolute atomic E-state index is 0.214. The molecule has 4 nitrogen and oxygen atoms in total. The zero-order valence-corrected chi connectivity index (χ0v) is 13.8. The Kier molecular flexibility index (Phi) is 3.32. The average molecular weight is 337 g/mol. The minimum Gasteiger partial charge on any atom is -0.453 e. The summed E-state index contributed by atoms with van der Waals surface area (Å²) in [6.07, 6.45) is 0. The fourth-order valence-corrected chi connectivity index (χ4v) is 3.91. The molecule has 0 atom stereocenters. The molecule has 0 fully saturated rings. The summed E-state index contributed by atoms with van der Waals surface area (Å²) in [4.78, 5) is 0.489. The highest BCUT2D eigenvalue weighted by molar-refractivity contribution is 7.91. The zero-order chi connectivity index (χ0) is 16.7. The van der Waals surface area contributed by atoms with Crippen molar-refractivity contribution in [1.82, 2.24) is 0 Å². The van der Waals surface area contributed by atoms with E-state index in [1.165, 1.54) is 0 Å². The second kappa shape index (κ2) is 5.39. The van der Waals surface area contributed by atoms with E-state index < -0.39 is 9.84 Å². The van der Waals surface area contributed by atoms with E-state index in [1.54, 1.807) is 42.5 Å².